The average molecular weight is 276 g/mol. The summed E-state index contributed by atoms with van der Waals surface area (Å²) in [6, 6.07) is 6.37. The molecule has 2 atom stereocenters. The van der Waals surface area contributed by atoms with Crippen molar-refractivity contribution in [3.05, 3.63) is 52.0 Å². The minimum absolute atomic E-state index is 0.0486. The summed E-state index contributed by atoms with van der Waals surface area (Å²) in [6.45, 7) is 0. The Balaban J connectivity index is 1.75. The molecule has 1 fully saturated rings. The molecule has 3 rings (SSSR count). The summed E-state index contributed by atoms with van der Waals surface area (Å²) in [5.41, 5.74) is 1.02. The van der Waals surface area contributed by atoms with Crippen LogP contribution in [-0.2, 0) is 11.8 Å². The molecule has 1 aromatic carbocycles. The Kier molecular flexibility index (Phi) is 3.06. The van der Waals surface area contributed by atoms with Crippen LogP contribution in [0, 0.1) is 11.7 Å². The lowest BCUT2D eigenvalue weighted by Crippen LogP contribution is -2.13. The van der Waals surface area contributed by atoms with Gasteiger partial charge in [-0.1, -0.05) is 12.1 Å². The van der Waals surface area contributed by atoms with E-state index in [0.29, 0.717) is 0 Å². The number of thiazole rings is 1. The molecule has 0 saturated heterocycles. The molecule has 1 saturated carbocycles. The van der Waals surface area contributed by atoms with Crippen LogP contribution in [0.2, 0.25) is 0 Å². The number of aromatic nitrogens is 1. The van der Waals surface area contributed by atoms with E-state index in [2.05, 4.69) is 4.99 Å². The highest BCUT2D eigenvalue weighted by molar-refractivity contribution is 7.07. The van der Waals surface area contributed by atoms with Crippen LogP contribution in [0.25, 0.3) is 0 Å². The maximum absolute atomic E-state index is 12.8. The lowest BCUT2D eigenvalue weighted by Gasteiger charge is -1.98. The number of carbonyl (C=O) groups excluding carboxylic acids is 1. The van der Waals surface area contributed by atoms with Gasteiger partial charge in [0.25, 0.3) is 5.91 Å². The fourth-order valence-corrected chi connectivity index (χ4v) is 2.89. The summed E-state index contributed by atoms with van der Waals surface area (Å²) in [5, 5.41) is 1.90. The molecule has 1 aliphatic carbocycles. The van der Waals surface area contributed by atoms with Crippen LogP contribution in [0.1, 0.15) is 17.9 Å². The summed E-state index contributed by atoms with van der Waals surface area (Å²) in [7, 11) is 1.87. The molecule has 1 aliphatic rings. The Morgan fingerprint density at radius 2 is 2.16 bits per heavy atom. The van der Waals surface area contributed by atoms with E-state index < -0.39 is 0 Å². The number of amides is 1. The molecule has 0 radical (unpaired) electrons. The Morgan fingerprint density at radius 3 is 2.79 bits per heavy atom. The first-order valence-corrected chi connectivity index (χ1v) is 6.97. The number of hydrogen-bond donors (Lipinski definition) is 0. The van der Waals surface area contributed by atoms with Crippen LogP contribution in [-0.4, -0.2) is 10.5 Å². The molecule has 98 valence electrons. The first kappa shape index (κ1) is 12.3. The molecule has 3 nitrogen and oxygen atoms in total. The van der Waals surface area contributed by atoms with Gasteiger partial charge >= 0.3 is 0 Å². The molecular formula is C14H13FN2OS. The van der Waals surface area contributed by atoms with Crippen molar-refractivity contribution in [1.82, 2.24) is 4.57 Å². The van der Waals surface area contributed by atoms with Gasteiger partial charge in [-0.2, -0.15) is 4.99 Å². The van der Waals surface area contributed by atoms with Crippen molar-refractivity contribution >= 4 is 17.2 Å². The SMILES string of the molecule is Cn1ccsc1=NC(=O)[C@H]1C[C@H]1c1ccc(F)cc1. The molecule has 0 spiro atoms. The third-order valence-corrected chi connectivity index (χ3v) is 4.22. The van der Waals surface area contributed by atoms with E-state index >= 15 is 0 Å². The molecule has 0 bridgehead atoms. The van der Waals surface area contributed by atoms with E-state index in [0.717, 1.165) is 16.8 Å². The van der Waals surface area contributed by atoms with Gasteiger partial charge in [0.15, 0.2) is 4.80 Å². The fraction of sp³-hybridized carbons (Fsp3) is 0.286. The fourth-order valence-electron chi connectivity index (χ4n) is 2.16. The first-order valence-electron chi connectivity index (χ1n) is 6.09. The van der Waals surface area contributed by atoms with Crippen molar-refractivity contribution < 1.29 is 9.18 Å². The van der Waals surface area contributed by atoms with Gasteiger partial charge in [-0.25, -0.2) is 4.39 Å². The molecule has 0 N–H and O–H groups in total. The van der Waals surface area contributed by atoms with Crippen molar-refractivity contribution in [1.29, 1.82) is 0 Å². The Morgan fingerprint density at radius 1 is 1.42 bits per heavy atom. The van der Waals surface area contributed by atoms with Crippen molar-refractivity contribution in [3.8, 4) is 0 Å². The third-order valence-electron chi connectivity index (χ3n) is 3.37. The topological polar surface area (TPSA) is 34.4 Å². The molecular weight excluding hydrogens is 263 g/mol. The number of halogens is 1. The van der Waals surface area contributed by atoms with Crippen LogP contribution >= 0.6 is 11.3 Å². The smallest absolute Gasteiger partial charge is 0.252 e. The van der Waals surface area contributed by atoms with E-state index in [1.807, 2.05) is 23.2 Å². The predicted molar refractivity (Wildman–Crippen MR) is 71.1 cm³/mol. The molecule has 0 unspecified atom stereocenters. The molecule has 19 heavy (non-hydrogen) atoms. The summed E-state index contributed by atoms with van der Waals surface area (Å²) in [6.07, 6.45) is 2.68. The maximum atomic E-state index is 12.8. The Bertz CT molecular complexity index is 671. The zero-order valence-corrected chi connectivity index (χ0v) is 11.2. The van der Waals surface area contributed by atoms with Crippen molar-refractivity contribution in [3.63, 3.8) is 0 Å². The minimum atomic E-state index is -0.248. The summed E-state index contributed by atoms with van der Waals surface area (Å²) >= 11 is 1.45. The van der Waals surface area contributed by atoms with Crippen LogP contribution in [0.3, 0.4) is 0 Å². The Hall–Kier alpha value is -1.75. The summed E-state index contributed by atoms with van der Waals surface area (Å²) < 4.78 is 14.7. The normalized spacial score (nSPS) is 22.5. The highest BCUT2D eigenvalue weighted by atomic mass is 32.1. The highest BCUT2D eigenvalue weighted by Gasteiger charge is 2.43. The Labute approximate surface area is 114 Å². The van der Waals surface area contributed by atoms with Gasteiger partial charge in [0.2, 0.25) is 0 Å². The number of rotatable bonds is 2. The largest absolute Gasteiger partial charge is 0.327 e. The second-order valence-corrected chi connectivity index (χ2v) is 5.62. The van der Waals surface area contributed by atoms with E-state index in [4.69, 9.17) is 0 Å². The summed E-state index contributed by atoms with van der Waals surface area (Å²) in [5.74, 6) is -0.176. The number of nitrogens with zero attached hydrogens (tertiary/aromatic N) is 2. The van der Waals surface area contributed by atoms with Gasteiger partial charge in [-0.05, 0) is 30.0 Å². The number of carbonyl (C=O) groups is 1. The van der Waals surface area contributed by atoms with Crippen LogP contribution in [0.4, 0.5) is 4.39 Å². The third kappa shape index (κ3) is 2.51. The zero-order chi connectivity index (χ0) is 13.4. The zero-order valence-electron chi connectivity index (χ0n) is 10.4. The van der Waals surface area contributed by atoms with Gasteiger partial charge in [0.05, 0.1) is 0 Å². The van der Waals surface area contributed by atoms with E-state index in [9.17, 15) is 9.18 Å². The standard InChI is InChI=1S/C14H13FN2OS/c1-17-6-7-19-14(17)16-13(18)12-8-11(12)9-2-4-10(15)5-3-9/h2-7,11-12H,8H2,1H3/t11-,12-/m0/s1. The second-order valence-electron chi connectivity index (χ2n) is 4.75. The van der Waals surface area contributed by atoms with Crippen molar-refractivity contribution in [2.75, 3.05) is 0 Å². The van der Waals surface area contributed by atoms with Crippen LogP contribution < -0.4 is 4.80 Å². The first-order chi connectivity index (χ1) is 9.15. The molecule has 2 aromatic rings. The van der Waals surface area contributed by atoms with Crippen molar-refractivity contribution in [2.24, 2.45) is 18.0 Å². The van der Waals surface area contributed by atoms with Crippen molar-refractivity contribution in [2.45, 2.75) is 12.3 Å². The van der Waals surface area contributed by atoms with E-state index in [1.165, 1.54) is 23.5 Å². The summed E-state index contributed by atoms with van der Waals surface area (Å²) in [4.78, 5) is 16.9. The molecule has 1 heterocycles. The molecule has 5 heteroatoms. The van der Waals surface area contributed by atoms with Gasteiger partial charge in [-0.15, -0.1) is 11.3 Å². The molecule has 1 amide bonds. The quantitative estimate of drug-likeness (QED) is 0.829. The van der Waals surface area contributed by atoms with Gasteiger partial charge < -0.3 is 4.57 Å². The molecule has 1 aromatic heterocycles. The molecule has 0 aliphatic heterocycles. The predicted octanol–water partition coefficient (Wildman–Crippen LogP) is 2.46. The monoisotopic (exact) mass is 276 g/mol. The van der Waals surface area contributed by atoms with Gasteiger partial charge in [0, 0.05) is 24.5 Å². The number of aryl methyl sites for hydroxylation is 1. The minimum Gasteiger partial charge on any atom is -0.327 e. The lowest BCUT2D eigenvalue weighted by atomic mass is 10.1. The highest BCUT2D eigenvalue weighted by Crippen LogP contribution is 2.48. The average Bonchev–Trinajstić information content (AvgIpc) is 3.10. The van der Waals surface area contributed by atoms with Gasteiger partial charge in [-0.3, -0.25) is 4.79 Å². The van der Waals surface area contributed by atoms with E-state index in [1.54, 1.807) is 12.1 Å². The second kappa shape index (κ2) is 4.74. The maximum Gasteiger partial charge on any atom is 0.252 e. The number of benzene rings is 1. The number of hydrogen-bond acceptors (Lipinski definition) is 2. The van der Waals surface area contributed by atoms with E-state index in [-0.39, 0.29) is 23.6 Å². The van der Waals surface area contributed by atoms with Gasteiger partial charge in [0.1, 0.15) is 5.82 Å². The van der Waals surface area contributed by atoms with Crippen LogP contribution in [0.15, 0.2) is 40.8 Å². The van der Waals surface area contributed by atoms with Crippen LogP contribution in [0.5, 0.6) is 0 Å². The lowest BCUT2D eigenvalue weighted by molar-refractivity contribution is -0.119.